The van der Waals surface area contributed by atoms with Gasteiger partial charge in [-0.25, -0.2) is 0 Å². The number of amides is 1. The minimum Gasteiger partial charge on any atom is -0.481 e. The molecule has 1 amide bonds. The first kappa shape index (κ1) is 18.1. The summed E-state index contributed by atoms with van der Waals surface area (Å²) in [6, 6.07) is 5.76. The average Bonchev–Trinajstić information content (AvgIpc) is 3.25. The molecule has 24 heavy (non-hydrogen) atoms. The Morgan fingerprint density at radius 1 is 1.38 bits per heavy atom. The maximum Gasteiger partial charge on any atom is 0.573 e. The molecule has 0 radical (unpaired) electrons. The normalized spacial score (nSPS) is 21.0. The van der Waals surface area contributed by atoms with Crippen molar-refractivity contribution >= 4 is 11.9 Å². The number of benzene rings is 1. The van der Waals surface area contributed by atoms with Gasteiger partial charge in [-0.3, -0.25) is 9.59 Å². The summed E-state index contributed by atoms with van der Waals surface area (Å²) in [6.45, 7) is 1.54. The molecular formula is C16H18F3NO4. The van der Waals surface area contributed by atoms with E-state index in [-0.39, 0.29) is 24.1 Å². The third-order valence-corrected chi connectivity index (χ3v) is 4.00. The molecule has 0 aliphatic heterocycles. The third-order valence-electron chi connectivity index (χ3n) is 4.00. The number of halogens is 3. The molecule has 8 heteroatoms. The first-order chi connectivity index (χ1) is 11.1. The molecule has 2 rings (SSSR count). The highest BCUT2D eigenvalue weighted by Crippen LogP contribution is 2.51. The van der Waals surface area contributed by atoms with Gasteiger partial charge in [-0.1, -0.05) is 25.1 Å². The Bertz CT molecular complexity index is 632. The van der Waals surface area contributed by atoms with Crippen LogP contribution in [0, 0.1) is 11.8 Å². The Hall–Kier alpha value is -2.25. The van der Waals surface area contributed by atoms with Gasteiger partial charge < -0.3 is 14.7 Å². The average molecular weight is 345 g/mol. The molecule has 1 saturated carbocycles. The molecule has 0 heterocycles. The highest BCUT2D eigenvalue weighted by molar-refractivity contribution is 5.83. The van der Waals surface area contributed by atoms with Gasteiger partial charge in [0.1, 0.15) is 5.75 Å². The van der Waals surface area contributed by atoms with Crippen LogP contribution in [0.2, 0.25) is 0 Å². The molecule has 0 unspecified atom stereocenters. The lowest BCUT2D eigenvalue weighted by Crippen LogP contribution is -2.34. The fourth-order valence-electron chi connectivity index (χ4n) is 2.68. The van der Waals surface area contributed by atoms with Crippen molar-refractivity contribution < 1.29 is 32.6 Å². The van der Waals surface area contributed by atoms with E-state index in [2.05, 4.69) is 4.74 Å². The second kappa shape index (κ2) is 6.70. The third kappa shape index (κ3) is 4.39. The molecule has 1 aromatic carbocycles. The highest BCUT2D eigenvalue weighted by atomic mass is 19.4. The molecule has 5 nitrogen and oxygen atoms in total. The Balaban J connectivity index is 2.05. The van der Waals surface area contributed by atoms with E-state index in [1.165, 1.54) is 37.1 Å². The van der Waals surface area contributed by atoms with E-state index in [1.807, 2.05) is 0 Å². The van der Waals surface area contributed by atoms with Crippen molar-refractivity contribution in [3.05, 3.63) is 29.8 Å². The molecule has 0 saturated heterocycles. The molecule has 1 aliphatic rings. The van der Waals surface area contributed by atoms with Gasteiger partial charge in [-0.15, -0.1) is 13.2 Å². The number of alkyl halides is 3. The summed E-state index contributed by atoms with van der Waals surface area (Å²) in [7, 11) is 1.50. The summed E-state index contributed by atoms with van der Waals surface area (Å²) < 4.78 is 41.4. The van der Waals surface area contributed by atoms with Crippen LogP contribution in [0.15, 0.2) is 24.3 Å². The predicted octanol–water partition coefficient (Wildman–Crippen LogP) is 2.87. The fraction of sp³-hybridized carbons (Fsp3) is 0.500. The van der Waals surface area contributed by atoms with E-state index >= 15 is 0 Å². The molecule has 1 fully saturated rings. The topological polar surface area (TPSA) is 66.8 Å². The first-order valence-corrected chi connectivity index (χ1v) is 7.42. The van der Waals surface area contributed by atoms with Crippen LogP contribution in [-0.4, -0.2) is 41.8 Å². The Morgan fingerprint density at radius 2 is 2.00 bits per heavy atom. The zero-order valence-electron chi connectivity index (χ0n) is 13.2. The number of carbonyl (C=O) groups excluding carboxylic acids is 1. The maximum absolute atomic E-state index is 12.5. The SMILES string of the molecule is C[C@H](CN(C)C(=O)[C@@H]1C[C@H]1c1ccccc1OC(F)(F)F)C(=O)O. The van der Waals surface area contributed by atoms with Gasteiger partial charge in [0, 0.05) is 19.5 Å². The van der Waals surface area contributed by atoms with Crippen LogP contribution in [0.5, 0.6) is 5.75 Å². The molecule has 3 atom stereocenters. The Morgan fingerprint density at radius 3 is 2.58 bits per heavy atom. The number of para-hydroxylation sites is 1. The summed E-state index contributed by atoms with van der Waals surface area (Å²) in [6.07, 6.45) is -4.37. The standard InChI is InChI=1S/C16H18F3NO4/c1-9(15(22)23)8-20(2)14(21)12-7-11(12)10-5-3-4-6-13(10)24-16(17,18)19/h3-6,9,11-12H,7-8H2,1-2H3,(H,22,23)/t9-,11+,12-/m1/s1. The van der Waals surface area contributed by atoms with Crippen LogP contribution in [0.4, 0.5) is 13.2 Å². The molecule has 132 valence electrons. The first-order valence-electron chi connectivity index (χ1n) is 7.42. The highest BCUT2D eigenvalue weighted by Gasteiger charge is 2.47. The van der Waals surface area contributed by atoms with Gasteiger partial charge in [0.05, 0.1) is 5.92 Å². The lowest BCUT2D eigenvalue weighted by molar-refractivity contribution is -0.274. The molecular weight excluding hydrogens is 327 g/mol. The van der Waals surface area contributed by atoms with Gasteiger partial charge in [0.25, 0.3) is 0 Å². The second-order valence-electron chi connectivity index (χ2n) is 5.99. The van der Waals surface area contributed by atoms with Gasteiger partial charge in [0.15, 0.2) is 0 Å². The van der Waals surface area contributed by atoms with E-state index in [4.69, 9.17) is 5.11 Å². The van der Waals surface area contributed by atoms with Gasteiger partial charge >= 0.3 is 12.3 Å². The number of ether oxygens (including phenoxy) is 1. The largest absolute Gasteiger partial charge is 0.573 e. The van der Waals surface area contributed by atoms with Gasteiger partial charge in [-0.05, 0) is 24.0 Å². The quantitative estimate of drug-likeness (QED) is 0.861. The number of carboxylic acid groups (broad SMARTS) is 1. The molecule has 0 spiro atoms. The molecule has 1 aliphatic carbocycles. The summed E-state index contributed by atoms with van der Waals surface area (Å²) in [5.41, 5.74) is 0.341. The number of hydrogen-bond acceptors (Lipinski definition) is 3. The van der Waals surface area contributed by atoms with Gasteiger partial charge in [-0.2, -0.15) is 0 Å². The van der Waals surface area contributed by atoms with Crippen molar-refractivity contribution in [2.45, 2.75) is 25.6 Å². The zero-order valence-corrected chi connectivity index (χ0v) is 13.2. The number of rotatable bonds is 6. The summed E-state index contributed by atoms with van der Waals surface area (Å²) >= 11 is 0. The van der Waals surface area contributed by atoms with Crippen LogP contribution in [0.3, 0.4) is 0 Å². The summed E-state index contributed by atoms with van der Waals surface area (Å²) in [4.78, 5) is 24.5. The molecule has 1 N–H and O–H groups in total. The molecule has 0 aromatic heterocycles. The minimum absolute atomic E-state index is 0.0537. The van der Waals surface area contributed by atoms with E-state index in [0.717, 1.165) is 0 Å². The van der Waals surface area contributed by atoms with Crippen LogP contribution in [-0.2, 0) is 9.59 Å². The van der Waals surface area contributed by atoms with E-state index in [0.29, 0.717) is 12.0 Å². The van der Waals surface area contributed by atoms with E-state index in [1.54, 1.807) is 6.07 Å². The molecule has 1 aromatic rings. The number of carbonyl (C=O) groups is 2. The van der Waals surface area contributed by atoms with Crippen molar-refractivity contribution in [2.24, 2.45) is 11.8 Å². The number of carboxylic acids is 1. The lowest BCUT2D eigenvalue weighted by atomic mass is 10.1. The maximum atomic E-state index is 12.5. The minimum atomic E-state index is -4.79. The van der Waals surface area contributed by atoms with Crippen LogP contribution in [0.25, 0.3) is 0 Å². The summed E-state index contributed by atoms with van der Waals surface area (Å²) in [5, 5.41) is 8.88. The van der Waals surface area contributed by atoms with Crippen LogP contribution < -0.4 is 4.74 Å². The number of hydrogen-bond donors (Lipinski definition) is 1. The van der Waals surface area contributed by atoms with Crippen LogP contribution >= 0.6 is 0 Å². The molecule has 0 bridgehead atoms. The van der Waals surface area contributed by atoms with E-state index in [9.17, 15) is 22.8 Å². The van der Waals surface area contributed by atoms with Gasteiger partial charge in [0.2, 0.25) is 5.91 Å². The van der Waals surface area contributed by atoms with E-state index < -0.39 is 24.2 Å². The smallest absolute Gasteiger partial charge is 0.481 e. The Kier molecular flexibility index (Phi) is 5.05. The fourth-order valence-corrected chi connectivity index (χ4v) is 2.68. The van der Waals surface area contributed by atoms with Crippen molar-refractivity contribution in [3.63, 3.8) is 0 Å². The lowest BCUT2D eigenvalue weighted by Gasteiger charge is -2.20. The predicted molar refractivity (Wildman–Crippen MR) is 78.4 cm³/mol. The van der Waals surface area contributed by atoms with Crippen LogP contribution in [0.1, 0.15) is 24.8 Å². The monoisotopic (exact) mass is 345 g/mol. The van der Waals surface area contributed by atoms with Crippen molar-refractivity contribution in [1.29, 1.82) is 0 Å². The second-order valence-corrected chi connectivity index (χ2v) is 5.99. The number of aliphatic carboxylic acids is 1. The zero-order chi connectivity index (χ0) is 18.1. The van der Waals surface area contributed by atoms with Crippen molar-refractivity contribution in [2.75, 3.05) is 13.6 Å². The number of nitrogens with zero attached hydrogens (tertiary/aromatic N) is 1. The van der Waals surface area contributed by atoms with Crippen molar-refractivity contribution in [3.8, 4) is 5.75 Å². The van der Waals surface area contributed by atoms with Crippen molar-refractivity contribution in [1.82, 2.24) is 4.90 Å². The Labute approximate surface area is 137 Å². The summed E-state index contributed by atoms with van der Waals surface area (Å²) in [5.74, 6) is -3.09.